The fraction of sp³-hybridized carbons (Fsp3) is 0.474. The lowest BCUT2D eigenvalue weighted by atomic mass is 9.95. The molecule has 1 aliphatic rings. The van der Waals surface area contributed by atoms with Crippen molar-refractivity contribution in [3.63, 3.8) is 0 Å². The van der Waals surface area contributed by atoms with E-state index in [0.717, 1.165) is 28.7 Å². The molecule has 28 heavy (non-hydrogen) atoms. The van der Waals surface area contributed by atoms with Crippen molar-refractivity contribution in [1.29, 1.82) is 0 Å². The highest BCUT2D eigenvalue weighted by Gasteiger charge is 2.33. The number of benzene rings is 1. The molecule has 2 atom stereocenters. The van der Waals surface area contributed by atoms with Crippen LogP contribution in [0.3, 0.4) is 0 Å². The standard InChI is InChI=1S/C19H23F3N4OS/c1-2-23-18(25-11-16-26-15(12-28-16)19(20,21)22)24-10-14-8-9-27-17(14)13-6-4-3-5-7-13/h3-7,12,14,17H,2,8-11H2,1H3,(H2,23,24,25). The number of alkyl halides is 3. The number of aliphatic imine (C=N–C) groups is 1. The third kappa shape index (κ3) is 5.45. The van der Waals surface area contributed by atoms with Crippen molar-refractivity contribution in [1.82, 2.24) is 15.6 Å². The van der Waals surface area contributed by atoms with Crippen molar-refractivity contribution in [3.8, 4) is 0 Å². The Balaban J connectivity index is 1.59. The minimum atomic E-state index is -4.42. The Labute approximate surface area is 166 Å². The summed E-state index contributed by atoms with van der Waals surface area (Å²) in [4.78, 5) is 7.99. The average molecular weight is 412 g/mol. The van der Waals surface area contributed by atoms with E-state index in [4.69, 9.17) is 4.74 Å². The minimum absolute atomic E-state index is 0.0323. The van der Waals surface area contributed by atoms with Crippen LogP contribution < -0.4 is 10.6 Å². The Hall–Kier alpha value is -2.13. The Morgan fingerprint density at radius 1 is 1.29 bits per heavy atom. The summed E-state index contributed by atoms with van der Waals surface area (Å²) in [6.45, 7) is 4.06. The number of rotatable bonds is 6. The second-order valence-electron chi connectivity index (χ2n) is 6.45. The second-order valence-corrected chi connectivity index (χ2v) is 7.39. The molecule has 152 valence electrons. The summed E-state index contributed by atoms with van der Waals surface area (Å²) in [5.41, 5.74) is 0.283. The van der Waals surface area contributed by atoms with Crippen LogP contribution in [0.15, 0.2) is 40.7 Å². The van der Waals surface area contributed by atoms with E-state index in [-0.39, 0.29) is 12.6 Å². The number of nitrogens with one attached hydrogen (secondary N) is 2. The summed E-state index contributed by atoms with van der Waals surface area (Å²) >= 11 is 0.964. The number of hydrogen-bond acceptors (Lipinski definition) is 4. The Morgan fingerprint density at radius 2 is 2.07 bits per heavy atom. The molecule has 0 amide bonds. The van der Waals surface area contributed by atoms with Crippen LogP contribution in [0.25, 0.3) is 0 Å². The first-order chi connectivity index (χ1) is 13.5. The zero-order chi connectivity index (χ0) is 20.0. The third-order valence-corrected chi connectivity index (χ3v) is 5.27. The summed E-state index contributed by atoms with van der Waals surface area (Å²) in [6.07, 6.45) is -3.45. The van der Waals surface area contributed by atoms with E-state index in [9.17, 15) is 13.2 Å². The van der Waals surface area contributed by atoms with Crippen LogP contribution in [-0.4, -0.2) is 30.6 Å². The monoisotopic (exact) mass is 412 g/mol. The van der Waals surface area contributed by atoms with Crippen LogP contribution in [0.4, 0.5) is 13.2 Å². The molecule has 5 nitrogen and oxygen atoms in total. The predicted molar refractivity (Wildman–Crippen MR) is 103 cm³/mol. The number of aromatic nitrogens is 1. The van der Waals surface area contributed by atoms with E-state index in [1.807, 2.05) is 25.1 Å². The lowest BCUT2D eigenvalue weighted by Crippen LogP contribution is -2.40. The van der Waals surface area contributed by atoms with Gasteiger partial charge in [0.05, 0.1) is 12.6 Å². The zero-order valence-corrected chi connectivity index (χ0v) is 16.3. The summed E-state index contributed by atoms with van der Waals surface area (Å²) in [5.74, 6) is 0.855. The molecule has 0 spiro atoms. The average Bonchev–Trinajstić information content (AvgIpc) is 3.34. The molecular weight excluding hydrogens is 389 g/mol. The first kappa shape index (κ1) is 20.6. The molecule has 2 aromatic rings. The third-order valence-electron chi connectivity index (χ3n) is 4.43. The van der Waals surface area contributed by atoms with E-state index in [1.54, 1.807) is 0 Å². The molecule has 1 aliphatic heterocycles. The van der Waals surface area contributed by atoms with Gasteiger partial charge in [-0.2, -0.15) is 13.2 Å². The van der Waals surface area contributed by atoms with Crippen LogP contribution in [0.1, 0.15) is 35.7 Å². The first-order valence-corrected chi connectivity index (χ1v) is 10.1. The van der Waals surface area contributed by atoms with Crippen LogP contribution in [0.2, 0.25) is 0 Å². The van der Waals surface area contributed by atoms with Gasteiger partial charge in [-0.05, 0) is 18.9 Å². The molecule has 0 bridgehead atoms. The molecule has 9 heteroatoms. The molecule has 0 saturated carbocycles. The SMILES string of the molecule is CCNC(=NCc1nc(C(F)(F)F)cs1)NCC1CCOC1c1ccccc1. The lowest BCUT2D eigenvalue weighted by molar-refractivity contribution is -0.140. The molecule has 1 aromatic heterocycles. The molecular formula is C19H23F3N4OS. The quantitative estimate of drug-likeness (QED) is 0.556. The molecule has 0 radical (unpaired) electrons. The number of nitrogens with zero attached hydrogens (tertiary/aromatic N) is 2. The molecule has 2 heterocycles. The van der Waals surface area contributed by atoms with Crippen molar-refractivity contribution in [2.45, 2.75) is 32.2 Å². The largest absolute Gasteiger partial charge is 0.434 e. The second kappa shape index (κ2) is 9.38. The van der Waals surface area contributed by atoms with Gasteiger partial charge in [-0.25, -0.2) is 9.98 Å². The lowest BCUT2D eigenvalue weighted by Gasteiger charge is -2.20. The number of guanidine groups is 1. The van der Waals surface area contributed by atoms with Gasteiger partial charge in [0.25, 0.3) is 0 Å². The summed E-state index contributed by atoms with van der Waals surface area (Å²) < 4.78 is 43.9. The molecule has 1 saturated heterocycles. The smallest absolute Gasteiger partial charge is 0.373 e. The van der Waals surface area contributed by atoms with Crippen molar-refractivity contribution in [3.05, 3.63) is 52.0 Å². The normalized spacial score (nSPS) is 20.4. The maximum atomic E-state index is 12.7. The molecule has 0 aliphatic carbocycles. The van der Waals surface area contributed by atoms with Crippen molar-refractivity contribution >= 4 is 17.3 Å². The first-order valence-electron chi connectivity index (χ1n) is 9.17. The highest BCUT2D eigenvalue weighted by Crippen LogP contribution is 2.34. The van der Waals surface area contributed by atoms with Crippen molar-refractivity contribution in [2.75, 3.05) is 19.7 Å². The fourth-order valence-electron chi connectivity index (χ4n) is 3.08. The van der Waals surface area contributed by atoms with Gasteiger partial charge in [-0.15, -0.1) is 11.3 Å². The van der Waals surface area contributed by atoms with E-state index in [2.05, 4.69) is 32.7 Å². The molecule has 2 N–H and O–H groups in total. The fourth-order valence-corrected chi connectivity index (χ4v) is 3.81. The van der Waals surface area contributed by atoms with Crippen LogP contribution in [0, 0.1) is 5.92 Å². The summed E-state index contributed by atoms with van der Waals surface area (Å²) in [7, 11) is 0. The zero-order valence-electron chi connectivity index (χ0n) is 15.5. The van der Waals surface area contributed by atoms with Crippen LogP contribution >= 0.6 is 11.3 Å². The number of thiazole rings is 1. The van der Waals surface area contributed by atoms with Gasteiger partial charge in [-0.1, -0.05) is 30.3 Å². The molecule has 3 rings (SSSR count). The van der Waals surface area contributed by atoms with Crippen LogP contribution in [0.5, 0.6) is 0 Å². The maximum Gasteiger partial charge on any atom is 0.434 e. The highest BCUT2D eigenvalue weighted by molar-refractivity contribution is 7.09. The minimum Gasteiger partial charge on any atom is -0.373 e. The topological polar surface area (TPSA) is 58.5 Å². The van der Waals surface area contributed by atoms with Crippen molar-refractivity contribution < 1.29 is 17.9 Å². The van der Waals surface area contributed by atoms with Crippen molar-refractivity contribution in [2.24, 2.45) is 10.9 Å². The van der Waals surface area contributed by atoms with Gasteiger partial charge in [0.1, 0.15) is 5.01 Å². The van der Waals surface area contributed by atoms with Gasteiger partial charge < -0.3 is 15.4 Å². The van der Waals surface area contributed by atoms with Gasteiger partial charge in [0.15, 0.2) is 11.7 Å². The molecule has 1 aromatic carbocycles. The summed E-state index contributed by atoms with van der Waals surface area (Å²) in [6, 6.07) is 10.1. The van der Waals surface area contributed by atoms with E-state index in [1.165, 1.54) is 0 Å². The predicted octanol–water partition coefficient (Wildman–Crippen LogP) is 3.99. The van der Waals surface area contributed by atoms with Gasteiger partial charge in [0.2, 0.25) is 0 Å². The summed E-state index contributed by atoms with van der Waals surface area (Å²) in [5, 5.41) is 7.75. The number of hydrogen-bond donors (Lipinski definition) is 2. The number of halogens is 3. The maximum absolute atomic E-state index is 12.7. The molecule has 2 unspecified atom stereocenters. The van der Waals surface area contributed by atoms with E-state index in [0.29, 0.717) is 36.6 Å². The van der Waals surface area contributed by atoms with E-state index < -0.39 is 11.9 Å². The molecule has 1 fully saturated rings. The van der Waals surface area contributed by atoms with Gasteiger partial charge >= 0.3 is 6.18 Å². The number of ether oxygens (including phenoxy) is 1. The Morgan fingerprint density at radius 3 is 2.75 bits per heavy atom. The van der Waals surface area contributed by atoms with Crippen LogP contribution in [-0.2, 0) is 17.5 Å². The van der Waals surface area contributed by atoms with Gasteiger partial charge in [0, 0.05) is 31.0 Å². The Bertz CT molecular complexity index is 779. The van der Waals surface area contributed by atoms with E-state index >= 15 is 0 Å². The van der Waals surface area contributed by atoms with Gasteiger partial charge in [-0.3, -0.25) is 0 Å². The highest BCUT2D eigenvalue weighted by atomic mass is 32.1. The Kier molecular flexibility index (Phi) is 6.90.